The molecule has 0 saturated heterocycles. The number of imidazole rings is 1. The van der Waals surface area contributed by atoms with Crippen LogP contribution in [0.2, 0.25) is 0 Å². The lowest BCUT2D eigenvalue weighted by Gasteiger charge is -2.01. The van der Waals surface area contributed by atoms with E-state index in [-0.39, 0.29) is 5.91 Å². The van der Waals surface area contributed by atoms with Crippen LogP contribution in [0.5, 0.6) is 0 Å². The standard InChI is InChI=1S/C12H10N4OS/c17-11(9-2-1-3-13-6-9)14-7-10-8-16-4-5-18-12(16)15-10/h1-6,8H,7H2,(H,14,17). The van der Waals surface area contributed by atoms with E-state index in [1.54, 1.807) is 35.9 Å². The van der Waals surface area contributed by atoms with E-state index >= 15 is 0 Å². The third-order valence-corrected chi connectivity index (χ3v) is 3.27. The first-order chi connectivity index (χ1) is 8.83. The Kier molecular flexibility index (Phi) is 2.77. The van der Waals surface area contributed by atoms with Crippen LogP contribution in [0.3, 0.4) is 0 Å². The van der Waals surface area contributed by atoms with Gasteiger partial charge in [0.2, 0.25) is 0 Å². The lowest BCUT2D eigenvalue weighted by molar-refractivity contribution is 0.0950. The van der Waals surface area contributed by atoms with Crippen LogP contribution in [0, 0.1) is 0 Å². The molecule has 5 nitrogen and oxygen atoms in total. The summed E-state index contributed by atoms with van der Waals surface area (Å²) < 4.78 is 1.94. The summed E-state index contributed by atoms with van der Waals surface area (Å²) >= 11 is 1.57. The number of nitrogens with zero attached hydrogens (tertiary/aromatic N) is 3. The van der Waals surface area contributed by atoms with Crippen molar-refractivity contribution in [2.45, 2.75) is 6.54 Å². The van der Waals surface area contributed by atoms with Crippen molar-refractivity contribution < 1.29 is 4.79 Å². The van der Waals surface area contributed by atoms with Crippen molar-refractivity contribution in [3.63, 3.8) is 0 Å². The van der Waals surface area contributed by atoms with Crippen LogP contribution in [0.15, 0.2) is 42.3 Å². The SMILES string of the molecule is O=C(NCc1cn2ccsc2n1)c1cccnc1. The van der Waals surface area contributed by atoms with Gasteiger partial charge in [-0.25, -0.2) is 4.98 Å². The van der Waals surface area contributed by atoms with Gasteiger partial charge in [-0.3, -0.25) is 14.2 Å². The molecule has 3 aromatic heterocycles. The number of amides is 1. The molecule has 0 radical (unpaired) electrons. The smallest absolute Gasteiger partial charge is 0.253 e. The number of aromatic nitrogens is 3. The molecule has 0 aliphatic rings. The van der Waals surface area contributed by atoms with Gasteiger partial charge in [-0.05, 0) is 12.1 Å². The van der Waals surface area contributed by atoms with Crippen LogP contribution in [-0.4, -0.2) is 20.3 Å². The summed E-state index contributed by atoms with van der Waals surface area (Å²) in [7, 11) is 0. The van der Waals surface area contributed by atoms with E-state index in [4.69, 9.17) is 0 Å². The van der Waals surface area contributed by atoms with Crippen molar-refractivity contribution in [3.05, 3.63) is 53.6 Å². The zero-order chi connectivity index (χ0) is 12.4. The van der Waals surface area contributed by atoms with Gasteiger partial charge in [0, 0.05) is 30.2 Å². The van der Waals surface area contributed by atoms with Gasteiger partial charge in [0.25, 0.3) is 5.91 Å². The number of rotatable bonds is 3. The average Bonchev–Trinajstić information content (AvgIpc) is 2.97. The summed E-state index contributed by atoms with van der Waals surface area (Å²) in [5.74, 6) is -0.139. The van der Waals surface area contributed by atoms with Gasteiger partial charge in [0.1, 0.15) is 0 Å². The first kappa shape index (κ1) is 10.9. The van der Waals surface area contributed by atoms with E-state index in [2.05, 4.69) is 15.3 Å². The maximum Gasteiger partial charge on any atom is 0.253 e. The summed E-state index contributed by atoms with van der Waals surface area (Å²) in [6.45, 7) is 0.419. The molecule has 0 spiro atoms. The Morgan fingerprint density at radius 1 is 1.50 bits per heavy atom. The number of fused-ring (bicyclic) bond motifs is 1. The molecule has 0 bridgehead atoms. The van der Waals surface area contributed by atoms with E-state index < -0.39 is 0 Å². The topological polar surface area (TPSA) is 59.3 Å². The van der Waals surface area contributed by atoms with Gasteiger partial charge in [-0.15, -0.1) is 11.3 Å². The third-order valence-electron chi connectivity index (χ3n) is 2.50. The van der Waals surface area contributed by atoms with Gasteiger partial charge in [-0.2, -0.15) is 0 Å². The van der Waals surface area contributed by atoms with E-state index in [1.807, 2.05) is 22.2 Å². The van der Waals surface area contributed by atoms with Crippen LogP contribution in [0.1, 0.15) is 16.1 Å². The Hall–Kier alpha value is -2.21. The second-order valence-electron chi connectivity index (χ2n) is 3.75. The molecule has 18 heavy (non-hydrogen) atoms. The number of hydrogen-bond donors (Lipinski definition) is 1. The molecule has 3 rings (SSSR count). The van der Waals surface area contributed by atoms with Crippen LogP contribution >= 0.6 is 11.3 Å². The lowest BCUT2D eigenvalue weighted by atomic mass is 10.2. The Morgan fingerprint density at radius 3 is 3.22 bits per heavy atom. The second-order valence-corrected chi connectivity index (χ2v) is 4.62. The minimum atomic E-state index is -0.139. The molecule has 0 saturated carbocycles. The van der Waals surface area contributed by atoms with Crippen molar-refractivity contribution >= 4 is 22.2 Å². The lowest BCUT2D eigenvalue weighted by Crippen LogP contribution is -2.22. The summed E-state index contributed by atoms with van der Waals surface area (Å²) in [4.78, 5) is 21.0. The Morgan fingerprint density at radius 2 is 2.44 bits per heavy atom. The number of thiazole rings is 1. The van der Waals surface area contributed by atoms with E-state index in [1.165, 1.54) is 0 Å². The number of nitrogens with one attached hydrogen (secondary N) is 1. The largest absolute Gasteiger partial charge is 0.346 e. The highest BCUT2D eigenvalue weighted by Gasteiger charge is 2.07. The van der Waals surface area contributed by atoms with Crippen molar-refractivity contribution in [2.24, 2.45) is 0 Å². The maximum absolute atomic E-state index is 11.8. The number of carbonyl (C=O) groups excluding carboxylic acids is 1. The van der Waals surface area contributed by atoms with Gasteiger partial charge < -0.3 is 5.32 Å². The molecule has 90 valence electrons. The average molecular weight is 258 g/mol. The van der Waals surface area contributed by atoms with Crippen molar-refractivity contribution in [1.82, 2.24) is 19.7 Å². The maximum atomic E-state index is 11.8. The van der Waals surface area contributed by atoms with Crippen LogP contribution < -0.4 is 5.32 Å². The predicted molar refractivity (Wildman–Crippen MR) is 68.5 cm³/mol. The van der Waals surface area contributed by atoms with E-state index in [9.17, 15) is 4.79 Å². The molecular weight excluding hydrogens is 248 g/mol. The number of hydrogen-bond acceptors (Lipinski definition) is 4. The monoisotopic (exact) mass is 258 g/mol. The number of pyridine rings is 1. The fourth-order valence-electron chi connectivity index (χ4n) is 1.63. The van der Waals surface area contributed by atoms with Crippen LogP contribution in [-0.2, 0) is 6.54 Å². The summed E-state index contributed by atoms with van der Waals surface area (Å²) in [5, 5.41) is 4.79. The van der Waals surface area contributed by atoms with Crippen molar-refractivity contribution in [2.75, 3.05) is 0 Å². The van der Waals surface area contributed by atoms with Gasteiger partial charge in [-0.1, -0.05) is 0 Å². The first-order valence-corrected chi connectivity index (χ1v) is 6.30. The minimum Gasteiger partial charge on any atom is -0.346 e. The van der Waals surface area contributed by atoms with Crippen molar-refractivity contribution in [3.8, 4) is 0 Å². The highest BCUT2D eigenvalue weighted by Crippen LogP contribution is 2.11. The number of carbonyl (C=O) groups is 1. The quantitative estimate of drug-likeness (QED) is 0.778. The summed E-state index contributed by atoms with van der Waals surface area (Å²) in [6, 6.07) is 3.47. The molecule has 6 heteroatoms. The molecular formula is C12H10N4OS. The molecule has 1 amide bonds. The Balaban J connectivity index is 1.68. The normalized spacial score (nSPS) is 10.7. The highest BCUT2D eigenvalue weighted by molar-refractivity contribution is 7.15. The second kappa shape index (κ2) is 4.58. The zero-order valence-electron chi connectivity index (χ0n) is 9.41. The molecule has 0 unspecified atom stereocenters. The van der Waals surface area contributed by atoms with E-state index in [0.29, 0.717) is 12.1 Å². The highest BCUT2D eigenvalue weighted by atomic mass is 32.1. The van der Waals surface area contributed by atoms with Gasteiger partial charge >= 0.3 is 0 Å². The molecule has 0 aliphatic heterocycles. The van der Waals surface area contributed by atoms with Crippen LogP contribution in [0.4, 0.5) is 0 Å². The minimum absolute atomic E-state index is 0.139. The molecule has 3 heterocycles. The Bertz CT molecular complexity index is 645. The molecule has 1 N–H and O–H groups in total. The molecule has 3 aromatic rings. The molecule has 0 aliphatic carbocycles. The van der Waals surface area contributed by atoms with Crippen LogP contribution in [0.25, 0.3) is 4.96 Å². The summed E-state index contributed by atoms with van der Waals surface area (Å²) in [5.41, 5.74) is 1.40. The zero-order valence-corrected chi connectivity index (χ0v) is 10.2. The molecule has 0 fully saturated rings. The Labute approximate surface area is 107 Å². The van der Waals surface area contributed by atoms with Gasteiger partial charge in [0.05, 0.1) is 17.8 Å². The fraction of sp³-hybridized carbons (Fsp3) is 0.0833. The predicted octanol–water partition coefficient (Wildman–Crippen LogP) is 1.72. The fourth-order valence-corrected chi connectivity index (χ4v) is 2.35. The van der Waals surface area contributed by atoms with E-state index in [0.717, 1.165) is 10.7 Å². The van der Waals surface area contributed by atoms with Crippen molar-refractivity contribution in [1.29, 1.82) is 0 Å². The third kappa shape index (κ3) is 2.10. The first-order valence-electron chi connectivity index (χ1n) is 5.42. The summed E-state index contributed by atoms with van der Waals surface area (Å²) in [6.07, 6.45) is 7.04. The van der Waals surface area contributed by atoms with Gasteiger partial charge in [0.15, 0.2) is 4.96 Å². The molecule has 0 atom stereocenters. The molecule has 0 aromatic carbocycles.